The van der Waals surface area contributed by atoms with Gasteiger partial charge in [0, 0.05) is 60.4 Å². The van der Waals surface area contributed by atoms with Gasteiger partial charge in [-0.3, -0.25) is 19.4 Å². The molecule has 3 heterocycles. The third-order valence-corrected chi connectivity index (χ3v) is 8.79. The van der Waals surface area contributed by atoms with E-state index in [1.54, 1.807) is 42.5 Å². The van der Waals surface area contributed by atoms with Gasteiger partial charge in [-0.05, 0) is 42.5 Å². The van der Waals surface area contributed by atoms with Gasteiger partial charge < -0.3 is 20.4 Å². The largest absolute Gasteiger partial charge is 0.358 e. The number of amidine groups is 1. The topological polar surface area (TPSA) is 107 Å². The first-order chi connectivity index (χ1) is 19.9. The molecule has 2 aliphatic rings. The third-order valence-electron chi connectivity index (χ3n) is 6.64. The van der Waals surface area contributed by atoms with E-state index in [1.807, 2.05) is 35.8 Å². The number of benzene rings is 2. The summed E-state index contributed by atoms with van der Waals surface area (Å²) in [6, 6.07) is 15.6. The fraction of sp³-hybridized carbons (Fsp3) is 0.276. The molecular formula is C29H29ClN6O3S2. The molecule has 0 radical (unpaired) electrons. The molecule has 0 aliphatic carbocycles. The minimum atomic E-state index is -0.449. The Hall–Kier alpha value is -3.54. The molecule has 0 spiro atoms. The van der Waals surface area contributed by atoms with Crippen molar-refractivity contribution in [2.24, 2.45) is 4.99 Å². The zero-order valence-corrected chi connectivity index (χ0v) is 24.8. The highest BCUT2D eigenvalue weighted by atomic mass is 35.5. The molecule has 3 amide bonds. The van der Waals surface area contributed by atoms with Crippen molar-refractivity contribution in [3.63, 3.8) is 0 Å². The van der Waals surface area contributed by atoms with Crippen LogP contribution in [0.15, 0.2) is 70.7 Å². The van der Waals surface area contributed by atoms with Gasteiger partial charge in [0.2, 0.25) is 5.91 Å². The monoisotopic (exact) mass is 608 g/mol. The summed E-state index contributed by atoms with van der Waals surface area (Å²) in [7, 11) is 1.99. The van der Waals surface area contributed by atoms with E-state index in [1.165, 1.54) is 18.0 Å². The molecule has 5 rings (SSSR count). The first-order valence-corrected chi connectivity index (χ1v) is 15.6. The number of nitrogens with one attached hydrogen (secondary N) is 2. The number of rotatable bonds is 8. The summed E-state index contributed by atoms with van der Waals surface area (Å²) in [6.45, 7) is 3.13. The van der Waals surface area contributed by atoms with Crippen molar-refractivity contribution in [1.29, 1.82) is 0 Å². The van der Waals surface area contributed by atoms with E-state index in [0.717, 1.165) is 54.0 Å². The third kappa shape index (κ3) is 7.41. The Kier molecular flexibility index (Phi) is 9.48. The molecule has 212 valence electrons. The van der Waals surface area contributed by atoms with Gasteiger partial charge in [-0.15, -0.1) is 11.8 Å². The van der Waals surface area contributed by atoms with Crippen molar-refractivity contribution < 1.29 is 14.4 Å². The van der Waals surface area contributed by atoms with Crippen molar-refractivity contribution in [2.75, 3.05) is 61.1 Å². The lowest BCUT2D eigenvalue weighted by Gasteiger charge is -2.26. The molecule has 1 fully saturated rings. The summed E-state index contributed by atoms with van der Waals surface area (Å²) in [5.74, 6) is 2.65. The molecule has 9 nitrogen and oxygen atoms in total. The maximum atomic E-state index is 13.4. The highest BCUT2D eigenvalue weighted by Crippen LogP contribution is 2.27. The molecule has 12 heteroatoms. The van der Waals surface area contributed by atoms with Gasteiger partial charge >= 0.3 is 0 Å². The lowest BCUT2D eigenvalue weighted by Crippen LogP contribution is -2.38. The maximum absolute atomic E-state index is 13.4. The van der Waals surface area contributed by atoms with Gasteiger partial charge in [-0.2, -0.15) is 11.8 Å². The second kappa shape index (κ2) is 13.4. The molecule has 1 aromatic heterocycles. The van der Waals surface area contributed by atoms with E-state index in [9.17, 15) is 14.4 Å². The van der Waals surface area contributed by atoms with Crippen LogP contribution in [0.2, 0.25) is 5.02 Å². The Morgan fingerprint density at radius 1 is 0.976 bits per heavy atom. The van der Waals surface area contributed by atoms with Crippen molar-refractivity contribution in [1.82, 2.24) is 14.8 Å². The van der Waals surface area contributed by atoms with Crippen molar-refractivity contribution in [3.05, 3.63) is 82.5 Å². The number of thioether (sulfide) groups is 2. The first kappa shape index (κ1) is 29.0. The summed E-state index contributed by atoms with van der Waals surface area (Å²) in [4.78, 5) is 52.6. The number of anilines is 2. The van der Waals surface area contributed by atoms with Crippen LogP contribution < -0.4 is 10.6 Å². The van der Waals surface area contributed by atoms with Gasteiger partial charge in [0.15, 0.2) is 0 Å². The van der Waals surface area contributed by atoms with Crippen LogP contribution in [-0.2, 0) is 4.79 Å². The number of amides is 3. The molecule has 0 unspecified atom stereocenters. The van der Waals surface area contributed by atoms with Crippen molar-refractivity contribution in [2.45, 2.75) is 4.90 Å². The van der Waals surface area contributed by atoms with E-state index in [4.69, 9.17) is 11.6 Å². The Balaban J connectivity index is 1.33. The van der Waals surface area contributed by atoms with Crippen LogP contribution in [0, 0.1) is 0 Å². The number of carbonyl (C=O) groups is 3. The Morgan fingerprint density at radius 2 is 1.76 bits per heavy atom. The number of halogens is 1. The fourth-order valence-corrected chi connectivity index (χ4v) is 6.25. The van der Waals surface area contributed by atoms with E-state index in [2.05, 4.69) is 25.5 Å². The minimum absolute atomic E-state index is 0.0715. The minimum Gasteiger partial charge on any atom is -0.358 e. The van der Waals surface area contributed by atoms with Crippen molar-refractivity contribution in [3.8, 4) is 0 Å². The highest BCUT2D eigenvalue weighted by Gasteiger charge is 2.20. The molecule has 2 N–H and O–H groups in total. The van der Waals surface area contributed by atoms with Gasteiger partial charge in [-0.25, -0.2) is 4.98 Å². The van der Waals surface area contributed by atoms with Crippen LogP contribution in [0.5, 0.6) is 0 Å². The zero-order valence-electron chi connectivity index (χ0n) is 22.4. The lowest BCUT2D eigenvalue weighted by molar-refractivity contribution is -0.127. The second-order valence-corrected chi connectivity index (χ2v) is 12.2. The summed E-state index contributed by atoms with van der Waals surface area (Å²) >= 11 is 9.14. The van der Waals surface area contributed by atoms with Crippen LogP contribution in [0.1, 0.15) is 26.3 Å². The predicted octanol–water partition coefficient (Wildman–Crippen LogP) is 4.60. The van der Waals surface area contributed by atoms with E-state index >= 15 is 0 Å². The van der Waals surface area contributed by atoms with E-state index in [0.29, 0.717) is 22.1 Å². The average Bonchev–Trinajstić information content (AvgIpc) is 3.43. The number of likely N-dealkylation sites (N-methyl/N-ethyl adjacent to an activating group) is 1. The molecule has 2 aliphatic heterocycles. The van der Waals surface area contributed by atoms with Gasteiger partial charge in [-0.1, -0.05) is 23.7 Å². The van der Waals surface area contributed by atoms with Crippen LogP contribution in [-0.4, -0.2) is 88.8 Å². The number of pyridine rings is 1. The normalized spacial score (nSPS) is 14.9. The highest BCUT2D eigenvalue weighted by molar-refractivity contribution is 8.00. The van der Waals surface area contributed by atoms with Gasteiger partial charge in [0.1, 0.15) is 11.7 Å². The fourth-order valence-electron chi connectivity index (χ4n) is 4.40. The number of nitrogens with zero attached hydrogens (tertiary/aromatic N) is 4. The molecule has 0 bridgehead atoms. The van der Waals surface area contributed by atoms with E-state index < -0.39 is 5.91 Å². The summed E-state index contributed by atoms with van der Waals surface area (Å²) in [6.07, 6.45) is 1.44. The lowest BCUT2D eigenvalue weighted by atomic mass is 10.1. The summed E-state index contributed by atoms with van der Waals surface area (Å²) < 4.78 is 0. The molecule has 3 aromatic rings. The van der Waals surface area contributed by atoms with E-state index in [-0.39, 0.29) is 23.1 Å². The molecule has 2 aromatic carbocycles. The summed E-state index contributed by atoms with van der Waals surface area (Å²) in [5, 5.41) is 6.08. The number of aliphatic imine (C=N–C) groups is 1. The SMILES string of the molecule is CN1CCN=C1c1ccc(C(=O)Nc2ccc(SCC(=O)N3CCSCC3)cc2C(=O)Nc2ccc(Cl)cn2)cc1. The zero-order chi connectivity index (χ0) is 28.8. The molecule has 0 atom stereocenters. The van der Waals surface area contributed by atoms with Gasteiger partial charge in [0.25, 0.3) is 11.8 Å². The summed E-state index contributed by atoms with van der Waals surface area (Å²) in [5.41, 5.74) is 1.98. The van der Waals surface area contributed by atoms with Crippen LogP contribution >= 0.6 is 35.1 Å². The molecular weight excluding hydrogens is 580 g/mol. The smallest absolute Gasteiger partial charge is 0.258 e. The molecule has 41 heavy (non-hydrogen) atoms. The maximum Gasteiger partial charge on any atom is 0.258 e. The quantitative estimate of drug-likeness (QED) is 0.360. The second-order valence-electron chi connectivity index (χ2n) is 9.46. The first-order valence-electron chi connectivity index (χ1n) is 13.1. The Bertz CT molecular complexity index is 1460. The van der Waals surface area contributed by atoms with Gasteiger partial charge in [0.05, 0.1) is 28.6 Å². The van der Waals surface area contributed by atoms with Crippen LogP contribution in [0.3, 0.4) is 0 Å². The number of hydrogen-bond donors (Lipinski definition) is 2. The number of carbonyl (C=O) groups excluding carboxylic acids is 3. The molecule has 0 saturated carbocycles. The number of hydrogen-bond acceptors (Lipinski definition) is 8. The Labute approximate surface area is 252 Å². The van der Waals surface area contributed by atoms with Crippen molar-refractivity contribution >= 4 is 70.2 Å². The average molecular weight is 609 g/mol. The number of aromatic nitrogens is 1. The molecule has 1 saturated heterocycles. The van der Waals surface area contributed by atoms with Crippen LogP contribution in [0.4, 0.5) is 11.5 Å². The predicted molar refractivity (Wildman–Crippen MR) is 167 cm³/mol. The Morgan fingerprint density at radius 3 is 2.44 bits per heavy atom. The standard InChI is InChI=1S/C29H29ClN6O3S2/c1-35-11-10-31-27(35)19-2-4-20(5-3-19)28(38)33-24-8-7-22(41-18-26(37)36-12-14-40-15-13-36)16-23(24)29(39)34-25-9-6-21(30)17-32-25/h2-9,16-17H,10-15,18H2,1H3,(H,33,38)(H,32,34,39). The van der Waals surface area contributed by atoms with Crippen LogP contribution in [0.25, 0.3) is 0 Å².